The van der Waals surface area contributed by atoms with Crippen molar-refractivity contribution in [3.05, 3.63) is 141 Å². The van der Waals surface area contributed by atoms with Crippen molar-refractivity contribution < 1.29 is 25.8 Å². The van der Waals surface area contributed by atoms with Crippen molar-refractivity contribution >= 4 is 56.8 Å². The highest BCUT2D eigenvalue weighted by Crippen LogP contribution is 2.47. The number of hydrogen-bond donors (Lipinski definition) is 0. The van der Waals surface area contributed by atoms with Gasteiger partial charge in [-0.3, -0.25) is 9.97 Å². The van der Waals surface area contributed by atoms with E-state index in [2.05, 4.69) is 56.9 Å². The number of benzene rings is 2. The maximum absolute atomic E-state index is 13.1. The van der Waals surface area contributed by atoms with E-state index in [0.717, 1.165) is 49.6 Å². The molecule has 0 saturated carbocycles. The molecule has 2 atom stereocenters. The lowest BCUT2D eigenvalue weighted by Gasteiger charge is -2.35. The summed E-state index contributed by atoms with van der Waals surface area (Å²) in [5.41, 5.74) is 2.58. The van der Waals surface area contributed by atoms with Crippen molar-refractivity contribution in [2.75, 3.05) is 40.3 Å². The molecule has 4 aliphatic rings. The zero-order valence-corrected chi connectivity index (χ0v) is 33.5. The second kappa shape index (κ2) is 388. The van der Waals surface area contributed by atoms with Crippen LogP contribution in [0.4, 0.5) is 13.2 Å². The first-order valence-electron chi connectivity index (χ1n) is 18.7. The van der Waals surface area contributed by atoms with E-state index in [1.54, 1.807) is 30.5 Å². The van der Waals surface area contributed by atoms with Crippen LogP contribution >= 0.6 is 23.2 Å². The highest BCUT2D eigenvalue weighted by molar-refractivity contribution is 7.87. The molecule has 2 aliphatic carbocycles. The molecule has 13 heteroatoms. The third-order valence-corrected chi connectivity index (χ3v) is 12.8. The van der Waals surface area contributed by atoms with Crippen LogP contribution in [0.15, 0.2) is 85.7 Å². The molecule has 2 saturated heterocycles. The maximum atomic E-state index is 13.1. The van der Waals surface area contributed by atoms with Crippen LogP contribution in [0.2, 0.25) is 10.0 Å². The maximum Gasteiger partial charge on any atom is 0.534 e. The number of alkyl halides is 3. The van der Waals surface area contributed by atoms with Crippen LogP contribution in [0.25, 0.3) is 23.5 Å². The van der Waals surface area contributed by atoms with Gasteiger partial charge in [0, 0.05) is 45.4 Å². The molecule has 0 bridgehead atoms. The summed E-state index contributed by atoms with van der Waals surface area (Å²) in [5, 5.41) is 1.03. The monoisotopic (exact) mass is 2330 g/mol. The molecule has 1046 valence electrons. The number of nitrogens with zero attached hydrogens (tertiary/aromatic N) is 4. The number of allylic oxidation sites excluding steroid dienone is 2. The van der Waals surface area contributed by atoms with Crippen molar-refractivity contribution in [3.8, 4) is 0 Å². The average Bonchev–Trinajstić information content (AvgIpc) is 3.39. The zero-order valence-electron chi connectivity index (χ0n) is 31.1. The lowest BCUT2D eigenvalue weighted by Crippen LogP contribution is -2.33. The largest absolute Gasteiger partial charge is 0.534 e. The van der Waals surface area contributed by atoms with E-state index < -0.39 is 21.4 Å². The number of likely N-dealkylation sites (tertiary alicyclic amines) is 2. The normalized spacial score (nSPS) is 7.73. The van der Waals surface area contributed by atoms with Crippen LogP contribution in [0.5, 0.6) is 0 Å². The summed E-state index contributed by atoms with van der Waals surface area (Å²) in [6, 6.07) is 18.6. The molecular formula is C137H419Cl2F3N4O3S. The number of fused-ring (bicyclic) bond motifs is 4. The minimum absolute atomic E-state index is 0. The predicted molar refractivity (Wildman–Crippen MR) is 850 cm³/mol. The molecular weight excluding hydrogens is 1910 g/mol. The molecule has 8 rings (SSSR count). The fourth-order valence-corrected chi connectivity index (χ4v) is 9.34. The summed E-state index contributed by atoms with van der Waals surface area (Å²) in [4.78, 5) is 14.0. The first kappa shape index (κ1) is 912. The van der Waals surface area contributed by atoms with Crippen molar-refractivity contribution in [3.63, 3.8) is 0 Å². The summed E-state index contributed by atoms with van der Waals surface area (Å²) in [5.74, 6) is 0.438. The van der Waals surface area contributed by atoms with E-state index in [0.29, 0.717) is 28.7 Å². The molecule has 0 radical (unpaired) electrons. The molecule has 0 amide bonds. The van der Waals surface area contributed by atoms with E-state index in [9.17, 15) is 21.6 Å². The molecule has 150 heavy (non-hydrogen) atoms. The van der Waals surface area contributed by atoms with Crippen LogP contribution in [-0.2, 0) is 14.3 Å². The highest BCUT2D eigenvalue weighted by atomic mass is 35.5. The van der Waals surface area contributed by atoms with Gasteiger partial charge in [0.05, 0.1) is 11.4 Å². The Morgan fingerprint density at radius 1 is 0.287 bits per heavy atom. The molecule has 2 aromatic carbocycles. The molecule has 4 heterocycles. The molecule has 2 aromatic heterocycles. The first-order chi connectivity index (χ1) is 26.7. The van der Waals surface area contributed by atoms with Gasteiger partial charge in [0.15, 0.2) is 5.76 Å². The highest BCUT2D eigenvalue weighted by Gasteiger charge is 2.49. The smallest absolute Gasteiger partial charge is 0.375 e. The molecule has 2 unspecified atom stereocenters. The first-order valence-corrected chi connectivity index (χ1v) is 20.8. The quantitative estimate of drug-likeness (QED) is 0.146. The second-order valence-corrected chi connectivity index (χ2v) is 17.4. The van der Waals surface area contributed by atoms with Gasteiger partial charge in [-0.05, 0) is 154 Å². The van der Waals surface area contributed by atoms with Gasteiger partial charge >= 0.3 is 15.6 Å². The van der Waals surface area contributed by atoms with E-state index in [1.807, 2.05) is 31.5 Å². The van der Waals surface area contributed by atoms with Gasteiger partial charge in [-0.1, -0.05) is 758 Å². The van der Waals surface area contributed by atoms with Crippen LogP contribution in [0.1, 0.15) is 780 Å². The fraction of sp³-hybridized carbons (Fsp3) is 0.796. The Morgan fingerprint density at radius 2 is 0.460 bits per heavy atom. The Morgan fingerprint density at radius 3 is 0.640 bits per heavy atom. The molecule has 0 spiro atoms. The predicted octanol–water partition coefficient (Wildman–Crippen LogP) is 69.9. The zero-order chi connectivity index (χ0) is 39.8. The van der Waals surface area contributed by atoms with E-state index in [4.69, 9.17) is 28.2 Å². The number of rotatable bonds is 5. The third-order valence-electron chi connectivity index (χ3n) is 11.4. The van der Waals surface area contributed by atoms with Crippen molar-refractivity contribution in [2.24, 2.45) is 11.8 Å². The topological polar surface area (TPSA) is 75.6 Å². The number of pyridine rings is 2. The average molecular weight is 2330 g/mol. The Kier molecular flexibility index (Phi) is 2360. The third kappa shape index (κ3) is 204. The van der Waals surface area contributed by atoms with Gasteiger partial charge in [-0.25, -0.2) is 0 Å². The Hall–Kier alpha value is -4.00. The van der Waals surface area contributed by atoms with Gasteiger partial charge in [-0.15, -0.1) is 0 Å². The van der Waals surface area contributed by atoms with Gasteiger partial charge in [0.25, 0.3) is 0 Å². The fourth-order valence-electron chi connectivity index (χ4n) is 8.53. The molecule has 2 fully saturated rings. The van der Waals surface area contributed by atoms with Crippen molar-refractivity contribution in [1.29, 1.82) is 0 Å². The summed E-state index contributed by atoms with van der Waals surface area (Å²) in [7, 11) is -1.61. The number of hydrogen-bond acceptors (Lipinski definition) is 7. The van der Waals surface area contributed by atoms with Crippen molar-refractivity contribution in [2.45, 2.75) is 741 Å². The van der Waals surface area contributed by atoms with Gasteiger partial charge in [0.2, 0.25) is 0 Å². The number of aromatic nitrogens is 2. The van der Waals surface area contributed by atoms with Crippen LogP contribution < -0.4 is 0 Å². The summed E-state index contributed by atoms with van der Waals surface area (Å²) in [6.45, 7) is 8.09. The van der Waals surface area contributed by atoms with Gasteiger partial charge < -0.3 is 14.0 Å². The minimum atomic E-state index is -5.86. The lowest BCUT2D eigenvalue weighted by molar-refractivity contribution is -0.0509. The molecule has 7 nitrogen and oxygen atoms in total. The molecule has 2 aliphatic heterocycles. The minimum Gasteiger partial charge on any atom is -0.375 e. The van der Waals surface area contributed by atoms with E-state index in [1.165, 1.54) is 47.4 Å². The Balaban J connectivity index is -0.00000000367. The number of halogens is 5. The second-order valence-electron chi connectivity index (χ2n) is 15.0. The summed E-state index contributed by atoms with van der Waals surface area (Å²) in [6.07, 6.45) is 13.1. The molecule has 0 N–H and O–H groups in total. The lowest BCUT2D eigenvalue weighted by atomic mass is 9.76. The summed E-state index contributed by atoms with van der Waals surface area (Å²) < 4.78 is 67.4. The van der Waals surface area contributed by atoms with Gasteiger partial charge in [-0.2, -0.15) is 21.6 Å². The Labute approximate surface area is 1030 Å². The standard InChI is InChI=1S/C22H23ClN2.C21H20ClF3N2O3S.94CH4/c1-3-15-13-17-5-4-10-24-22(17)21(16-8-11-25(2)12-9-16)19-7-6-18(23)14-20(15)19;1-27-9-6-13(7-10-27)19-16-5-4-15(22)12-17(16)18(30-31(28,29)21(23,24)25)11-14-3-2-8-26-20(14)19;;;;;;;;;;;;;;;;;;;;;;;;;;;;;;;;;;;;;;;;;;;;;;;;;;;;;;;;;;;;;;;;;;;;;;;;;;;;;;;;;;;;;;;;;;;;;;/h3-7,10,13-14,16,21H,1,8-9,11-12H2,2H3;2-5,8,11-13,19H,6-7,9-10H2,1H3;94*1H4. The number of piperidine rings is 2. The SMILES string of the molecule is C.C.C.C.C.C.C.C.C.C.C.C.C.C.C.C.C.C.C.C.C.C.C.C.C.C.C.C.C.C.C.C.C.C.C.C.C.C.C.C.C.C.C.C.C.C.C.C.C.C.C.C.C.C.C.C.C.C.C.C.C.C.C.C.C.C.C.C.C.C.C.C.C.C.C.C.C.C.C.C.C.C.C.C.C.C.C.C.C.C.C.C.C.C.C=CC1=Cc2cccnc2C(C2CCN(C)CC2)c2ccc(Cl)cc21.CN1CCC(C2c3ccc(Cl)cc3C(OS(=O)(=O)C(F)(F)F)=Cc3cccnc32)CC1. The van der Waals surface area contributed by atoms with Crippen LogP contribution in [0.3, 0.4) is 0 Å². The Bertz CT molecular complexity index is 2300. The molecule has 4 aromatic rings. The summed E-state index contributed by atoms with van der Waals surface area (Å²) >= 11 is 12.5. The van der Waals surface area contributed by atoms with Crippen molar-refractivity contribution in [1.82, 2.24) is 19.8 Å². The van der Waals surface area contributed by atoms with Gasteiger partial charge in [0.1, 0.15) is 0 Å². The van der Waals surface area contributed by atoms with E-state index >= 15 is 0 Å². The van der Waals surface area contributed by atoms with E-state index in [-0.39, 0.29) is 721 Å². The van der Waals surface area contributed by atoms with Crippen LogP contribution in [-0.4, -0.2) is 74.0 Å². The van der Waals surface area contributed by atoms with Crippen LogP contribution in [0, 0.1) is 11.8 Å².